The summed E-state index contributed by atoms with van der Waals surface area (Å²) in [7, 11) is -2.25. The highest BCUT2D eigenvalue weighted by Crippen LogP contribution is 2.23. The molecule has 0 radical (unpaired) electrons. The van der Waals surface area contributed by atoms with Crippen LogP contribution in [0.2, 0.25) is 0 Å². The van der Waals surface area contributed by atoms with Crippen LogP contribution >= 0.6 is 0 Å². The minimum absolute atomic E-state index is 0.0136. The third kappa shape index (κ3) is 6.79. The predicted octanol–water partition coefficient (Wildman–Crippen LogP) is 4.03. The lowest BCUT2D eigenvalue weighted by molar-refractivity contribution is 0.115. The maximum atomic E-state index is 13.4. The van der Waals surface area contributed by atoms with E-state index in [0.29, 0.717) is 19.4 Å². The second kappa shape index (κ2) is 11.6. The van der Waals surface area contributed by atoms with E-state index >= 15 is 0 Å². The molecule has 0 aliphatic carbocycles. The number of nitrogens with one attached hydrogen (secondary N) is 2. The van der Waals surface area contributed by atoms with Crippen LogP contribution in [0.5, 0.6) is 0 Å². The summed E-state index contributed by atoms with van der Waals surface area (Å²) >= 11 is 0. The molecule has 190 valence electrons. The summed E-state index contributed by atoms with van der Waals surface area (Å²) in [5, 5.41) is 2.65. The highest BCUT2D eigenvalue weighted by molar-refractivity contribution is 7.89. The molecule has 35 heavy (non-hydrogen) atoms. The average Bonchev–Trinajstić information content (AvgIpc) is 3.21. The molecule has 2 N–H and O–H groups in total. The summed E-state index contributed by atoms with van der Waals surface area (Å²) < 4.78 is 33.3. The summed E-state index contributed by atoms with van der Waals surface area (Å²) in [6, 6.07) is 8.22. The number of alkyl carbamates (subject to hydrolysis) is 1. The largest absolute Gasteiger partial charge is 0.448 e. The zero-order valence-electron chi connectivity index (χ0n) is 21.0. The Bertz CT molecular complexity index is 1240. The Labute approximate surface area is 207 Å². The number of pyridine rings is 1. The van der Waals surface area contributed by atoms with E-state index in [4.69, 9.17) is 4.74 Å². The first-order valence-corrected chi connectivity index (χ1v) is 13.3. The lowest BCUT2D eigenvalue weighted by Crippen LogP contribution is -2.42. The Morgan fingerprint density at radius 1 is 1.20 bits per heavy atom. The number of aromatic amines is 1. The van der Waals surface area contributed by atoms with E-state index < -0.39 is 22.2 Å². The van der Waals surface area contributed by atoms with Crippen LogP contribution in [-0.2, 0) is 21.2 Å². The van der Waals surface area contributed by atoms with Gasteiger partial charge < -0.3 is 15.0 Å². The third-order valence-corrected chi connectivity index (χ3v) is 7.68. The van der Waals surface area contributed by atoms with E-state index in [1.807, 2.05) is 33.8 Å². The summed E-state index contributed by atoms with van der Waals surface area (Å²) in [6.07, 6.45) is 3.10. The summed E-state index contributed by atoms with van der Waals surface area (Å²) in [4.78, 5) is 24.3. The number of fused-ring (bicyclic) bond motifs is 1. The lowest BCUT2D eigenvalue weighted by atomic mass is 10.0. The Hall–Kier alpha value is -2.98. The van der Waals surface area contributed by atoms with Crippen LogP contribution in [0.25, 0.3) is 11.0 Å². The molecule has 2 aromatic heterocycles. The molecule has 10 heteroatoms. The van der Waals surface area contributed by atoms with Crippen molar-refractivity contribution in [1.82, 2.24) is 24.6 Å². The van der Waals surface area contributed by atoms with E-state index in [-0.39, 0.29) is 17.4 Å². The smallest absolute Gasteiger partial charge is 0.407 e. The topological polar surface area (TPSA) is 117 Å². The van der Waals surface area contributed by atoms with Gasteiger partial charge in [-0.2, -0.15) is 4.31 Å². The zero-order valence-corrected chi connectivity index (χ0v) is 21.9. The van der Waals surface area contributed by atoms with E-state index in [9.17, 15) is 13.2 Å². The number of likely N-dealkylation sites (N-methyl/N-ethyl adjacent to an activating group) is 1. The lowest BCUT2D eigenvalue weighted by Gasteiger charge is -2.28. The van der Waals surface area contributed by atoms with E-state index in [2.05, 4.69) is 20.3 Å². The number of imidazole rings is 1. The third-order valence-electron chi connectivity index (χ3n) is 5.75. The number of hydrogen-bond acceptors (Lipinski definition) is 6. The summed E-state index contributed by atoms with van der Waals surface area (Å²) in [6.45, 7) is 8.36. The molecule has 0 aliphatic rings. The van der Waals surface area contributed by atoms with Gasteiger partial charge in [0.05, 0.1) is 22.1 Å². The molecule has 9 nitrogen and oxygen atoms in total. The molecule has 0 unspecified atom stereocenters. The number of sulfonamides is 1. The molecular formula is C25H35N5O4S. The molecule has 0 spiro atoms. The molecule has 0 saturated carbocycles. The van der Waals surface area contributed by atoms with Gasteiger partial charge in [0, 0.05) is 26.2 Å². The van der Waals surface area contributed by atoms with Gasteiger partial charge in [0.2, 0.25) is 10.0 Å². The van der Waals surface area contributed by atoms with Crippen molar-refractivity contribution in [2.24, 2.45) is 5.92 Å². The molecule has 0 aliphatic heterocycles. The summed E-state index contributed by atoms with van der Waals surface area (Å²) in [5.74, 6) is 1.05. The van der Waals surface area contributed by atoms with Crippen LogP contribution in [0.1, 0.15) is 50.7 Å². The molecule has 1 atom stereocenters. The van der Waals surface area contributed by atoms with Crippen LogP contribution < -0.4 is 5.32 Å². The SMILES string of the molecule is CCCNC(=O)OC[C@H](CC(C)C)N(C)S(=O)(=O)c1ccc(Cc2nccc3[nH]c(C)nc23)cc1. The van der Waals surface area contributed by atoms with Crippen LogP contribution in [0.15, 0.2) is 41.4 Å². The van der Waals surface area contributed by atoms with Gasteiger partial charge in [0.15, 0.2) is 0 Å². The number of carbonyl (C=O) groups is 1. The molecule has 0 fully saturated rings. The van der Waals surface area contributed by atoms with Gasteiger partial charge in [0.1, 0.15) is 17.9 Å². The molecule has 2 heterocycles. The molecule has 1 aromatic carbocycles. The quantitative estimate of drug-likeness (QED) is 0.410. The standard InChI is InChI=1S/C25H35N5O4S/c1-6-12-27-25(31)34-16-20(14-17(2)3)30(5)35(32,33)21-9-7-19(8-10-21)15-23-24-22(11-13-26-23)28-18(4)29-24/h7-11,13,17,20H,6,12,14-16H2,1-5H3,(H,27,31)(H,28,29)/t20-/m0/s1. The molecule has 0 bridgehead atoms. The zero-order chi connectivity index (χ0) is 25.6. The maximum absolute atomic E-state index is 13.4. The second-order valence-electron chi connectivity index (χ2n) is 9.13. The van der Waals surface area contributed by atoms with Crippen LogP contribution in [0, 0.1) is 12.8 Å². The molecule has 1 amide bonds. The van der Waals surface area contributed by atoms with Gasteiger partial charge in [-0.1, -0.05) is 32.9 Å². The van der Waals surface area contributed by atoms with Crippen molar-refractivity contribution in [3.8, 4) is 0 Å². The van der Waals surface area contributed by atoms with Crippen molar-refractivity contribution in [2.45, 2.75) is 57.9 Å². The van der Waals surface area contributed by atoms with Crippen LogP contribution in [-0.4, -0.2) is 60.0 Å². The number of aromatic nitrogens is 3. The fraction of sp³-hybridized carbons (Fsp3) is 0.480. The highest BCUT2D eigenvalue weighted by atomic mass is 32.2. The van der Waals surface area contributed by atoms with Gasteiger partial charge >= 0.3 is 6.09 Å². The Kier molecular flexibility index (Phi) is 8.85. The number of nitrogens with zero attached hydrogens (tertiary/aromatic N) is 3. The van der Waals surface area contributed by atoms with Crippen molar-refractivity contribution < 1.29 is 17.9 Å². The van der Waals surface area contributed by atoms with Crippen molar-refractivity contribution in [1.29, 1.82) is 0 Å². The van der Waals surface area contributed by atoms with Crippen molar-refractivity contribution in [2.75, 3.05) is 20.2 Å². The highest BCUT2D eigenvalue weighted by Gasteiger charge is 2.29. The van der Waals surface area contributed by atoms with E-state index in [1.54, 1.807) is 30.5 Å². The number of hydrogen-bond donors (Lipinski definition) is 2. The number of ether oxygens (including phenoxy) is 1. The van der Waals surface area contributed by atoms with Crippen molar-refractivity contribution in [3.63, 3.8) is 0 Å². The van der Waals surface area contributed by atoms with E-state index in [0.717, 1.165) is 34.5 Å². The van der Waals surface area contributed by atoms with Gasteiger partial charge in [-0.25, -0.2) is 18.2 Å². The van der Waals surface area contributed by atoms with Gasteiger partial charge in [-0.15, -0.1) is 0 Å². The van der Waals surface area contributed by atoms with E-state index in [1.165, 1.54) is 11.4 Å². The minimum Gasteiger partial charge on any atom is -0.448 e. The Balaban J connectivity index is 1.74. The minimum atomic E-state index is -3.78. The first-order valence-electron chi connectivity index (χ1n) is 11.9. The molecule has 3 rings (SSSR count). The summed E-state index contributed by atoms with van der Waals surface area (Å²) in [5.41, 5.74) is 3.51. The fourth-order valence-corrected chi connectivity index (χ4v) is 5.25. The van der Waals surface area contributed by atoms with Gasteiger partial charge in [0.25, 0.3) is 0 Å². The second-order valence-corrected chi connectivity index (χ2v) is 11.1. The number of H-pyrrole nitrogens is 1. The number of rotatable bonds is 11. The molecule has 3 aromatic rings. The van der Waals surface area contributed by atoms with Crippen LogP contribution in [0.4, 0.5) is 4.79 Å². The first kappa shape index (κ1) is 26.6. The maximum Gasteiger partial charge on any atom is 0.407 e. The first-order chi connectivity index (χ1) is 16.6. The predicted molar refractivity (Wildman–Crippen MR) is 136 cm³/mol. The average molecular weight is 502 g/mol. The number of carbonyl (C=O) groups excluding carboxylic acids is 1. The molecule has 0 saturated heterocycles. The Morgan fingerprint density at radius 3 is 2.57 bits per heavy atom. The van der Waals surface area contributed by atoms with Crippen molar-refractivity contribution >= 4 is 27.1 Å². The monoisotopic (exact) mass is 501 g/mol. The normalized spacial score (nSPS) is 12.9. The number of amides is 1. The fourth-order valence-electron chi connectivity index (χ4n) is 3.89. The van der Waals surface area contributed by atoms with Crippen molar-refractivity contribution in [3.05, 3.63) is 53.6 Å². The number of aryl methyl sites for hydroxylation is 1. The van der Waals surface area contributed by atoms with Crippen LogP contribution in [0.3, 0.4) is 0 Å². The Morgan fingerprint density at radius 2 is 1.91 bits per heavy atom. The van der Waals surface area contributed by atoms with Gasteiger partial charge in [-0.3, -0.25) is 4.98 Å². The van der Waals surface area contributed by atoms with Gasteiger partial charge in [-0.05, 0) is 49.4 Å². The molecular weight excluding hydrogens is 466 g/mol. The number of benzene rings is 1.